The number of hydrogen-bond acceptors (Lipinski definition) is 1. The summed E-state index contributed by atoms with van der Waals surface area (Å²) in [7, 11) is 0. The van der Waals surface area contributed by atoms with Gasteiger partial charge in [0.05, 0.1) is 10.8 Å². The zero-order chi connectivity index (χ0) is 43.0. The van der Waals surface area contributed by atoms with E-state index >= 15 is 0 Å². The third kappa shape index (κ3) is 5.52. The van der Waals surface area contributed by atoms with Crippen LogP contribution in [-0.4, -0.2) is 0 Å². The molecule has 1 nitrogen and oxygen atoms in total. The van der Waals surface area contributed by atoms with E-state index in [0.29, 0.717) is 0 Å². The Bertz CT molecular complexity index is 3380. The minimum Gasteiger partial charge on any atom is -0.314 e. The Morgan fingerprint density at radius 1 is 0.446 bits per heavy atom. The lowest BCUT2D eigenvalue weighted by Crippen LogP contribution is -2.54. The average molecular weight is 830 g/mol. The fourth-order valence-corrected chi connectivity index (χ4v) is 12.7. The van der Waals surface area contributed by atoms with Crippen molar-refractivity contribution in [2.75, 3.05) is 4.90 Å². The normalized spacial score (nSPS) is 21.0. The van der Waals surface area contributed by atoms with Crippen molar-refractivity contribution in [3.05, 3.63) is 298 Å². The Morgan fingerprint density at radius 2 is 1.06 bits per heavy atom. The van der Waals surface area contributed by atoms with Gasteiger partial charge in [-0.2, -0.15) is 0 Å². The van der Waals surface area contributed by atoms with E-state index in [1.54, 1.807) is 0 Å². The number of anilines is 2. The van der Waals surface area contributed by atoms with Gasteiger partial charge in [0.25, 0.3) is 0 Å². The number of benzene rings is 9. The molecule has 308 valence electrons. The standard InChI is InChI=1S/C64H47N/c1-4-18-44(19-5-1)45-36-39-51(40-37-45)65(53-41-38-47-35-34-46-20-10-11-27-54(46)57(47)43-53)52-26-16-25-50(42-52)63(48-21-6-2-7-22-48)59-31-14-15-32-60(59)64(49-23-8-3-9-24-49)58-30-13-12-28-55(58)56-29-17-33-61(63)62(56)64/h1-37,39-40,42-43,61-62H,38,41H2. The molecule has 0 saturated heterocycles. The Balaban J connectivity index is 1.07. The summed E-state index contributed by atoms with van der Waals surface area (Å²) < 4.78 is 0. The SMILES string of the molecule is C1=CC2C3C(=C1)c1ccccc1C3(c1ccccc1)c1ccccc1C2(c1ccccc1)c1cccc(N(C2=Cc3c(ccc4ccccc34)CC2)c2ccc(-c3ccccc3)cc2)c1. The molecular formula is C64H47N. The highest BCUT2D eigenvalue weighted by Crippen LogP contribution is 2.70. The van der Waals surface area contributed by atoms with Crippen molar-refractivity contribution in [3.8, 4) is 11.1 Å². The first-order valence-corrected chi connectivity index (χ1v) is 23.2. The van der Waals surface area contributed by atoms with E-state index in [4.69, 9.17) is 0 Å². The van der Waals surface area contributed by atoms with Gasteiger partial charge in [-0.15, -0.1) is 0 Å². The van der Waals surface area contributed by atoms with Gasteiger partial charge in [-0.1, -0.05) is 218 Å². The van der Waals surface area contributed by atoms with Crippen LogP contribution in [0.3, 0.4) is 0 Å². The van der Waals surface area contributed by atoms with Gasteiger partial charge in [0, 0.05) is 28.9 Å². The second-order valence-electron chi connectivity index (χ2n) is 18.2. The van der Waals surface area contributed by atoms with Gasteiger partial charge in [-0.05, 0) is 121 Å². The molecule has 4 aliphatic carbocycles. The molecule has 0 radical (unpaired) electrons. The van der Waals surface area contributed by atoms with Crippen molar-refractivity contribution in [2.24, 2.45) is 11.8 Å². The van der Waals surface area contributed by atoms with Crippen LogP contribution in [0, 0.1) is 11.8 Å². The number of rotatable bonds is 7. The van der Waals surface area contributed by atoms with Crippen LogP contribution in [0.1, 0.15) is 56.5 Å². The van der Waals surface area contributed by atoms with E-state index in [9.17, 15) is 0 Å². The summed E-state index contributed by atoms with van der Waals surface area (Å²) in [5.41, 5.74) is 18.8. The van der Waals surface area contributed by atoms with Crippen molar-refractivity contribution >= 4 is 33.8 Å². The fourth-order valence-electron chi connectivity index (χ4n) is 12.7. The molecule has 0 N–H and O–H groups in total. The molecule has 0 amide bonds. The molecule has 0 bridgehead atoms. The van der Waals surface area contributed by atoms with Crippen LogP contribution in [0.4, 0.5) is 11.4 Å². The van der Waals surface area contributed by atoms with Gasteiger partial charge < -0.3 is 4.90 Å². The first-order valence-electron chi connectivity index (χ1n) is 23.2. The number of hydrogen-bond donors (Lipinski definition) is 0. The molecule has 13 rings (SSSR count). The topological polar surface area (TPSA) is 3.24 Å². The molecule has 9 aromatic carbocycles. The van der Waals surface area contributed by atoms with Gasteiger partial charge in [0.2, 0.25) is 0 Å². The maximum Gasteiger partial charge on any atom is 0.0535 e. The van der Waals surface area contributed by atoms with Crippen LogP contribution in [0.15, 0.2) is 248 Å². The molecule has 4 unspecified atom stereocenters. The number of fused-ring (bicyclic) bond motifs is 8. The summed E-state index contributed by atoms with van der Waals surface area (Å²) in [5.74, 6) is 0.243. The van der Waals surface area contributed by atoms with Gasteiger partial charge in [0.15, 0.2) is 0 Å². The van der Waals surface area contributed by atoms with Crippen molar-refractivity contribution in [3.63, 3.8) is 0 Å². The fraction of sp³-hybridized carbons (Fsp3) is 0.0938. The average Bonchev–Trinajstić information content (AvgIpc) is 3.70. The molecule has 0 saturated carbocycles. The van der Waals surface area contributed by atoms with Crippen molar-refractivity contribution in [2.45, 2.75) is 23.7 Å². The third-order valence-corrected chi connectivity index (χ3v) is 15.3. The van der Waals surface area contributed by atoms with Crippen LogP contribution in [0.5, 0.6) is 0 Å². The monoisotopic (exact) mass is 829 g/mol. The van der Waals surface area contributed by atoms with E-state index in [2.05, 4.69) is 254 Å². The number of allylic oxidation sites excluding steroid dienone is 5. The molecule has 65 heavy (non-hydrogen) atoms. The van der Waals surface area contributed by atoms with Crippen LogP contribution in [-0.2, 0) is 17.3 Å². The van der Waals surface area contributed by atoms with Gasteiger partial charge in [-0.25, -0.2) is 0 Å². The van der Waals surface area contributed by atoms with Crippen LogP contribution in [0.2, 0.25) is 0 Å². The molecule has 0 heterocycles. The Hall–Kier alpha value is -7.74. The lowest BCUT2D eigenvalue weighted by Gasteiger charge is -2.56. The smallest absolute Gasteiger partial charge is 0.0535 e. The van der Waals surface area contributed by atoms with Gasteiger partial charge >= 0.3 is 0 Å². The highest BCUT2D eigenvalue weighted by Gasteiger charge is 2.64. The van der Waals surface area contributed by atoms with Gasteiger partial charge in [-0.3, -0.25) is 0 Å². The van der Waals surface area contributed by atoms with E-state index in [0.717, 1.165) is 18.5 Å². The number of aryl methyl sites for hydroxylation is 1. The predicted octanol–water partition coefficient (Wildman–Crippen LogP) is 15.5. The van der Waals surface area contributed by atoms with E-state index in [1.807, 2.05) is 0 Å². The molecule has 0 spiro atoms. The van der Waals surface area contributed by atoms with Crippen molar-refractivity contribution < 1.29 is 0 Å². The first-order chi connectivity index (χ1) is 32.2. The lowest BCUT2D eigenvalue weighted by molar-refractivity contribution is 0.266. The largest absolute Gasteiger partial charge is 0.314 e. The summed E-state index contributed by atoms with van der Waals surface area (Å²) in [4.78, 5) is 2.55. The van der Waals surface area contributed by atoms with E-state index < -0.39 is 5.41 Å². The zero-order valence-electron chi connectivity index (χ0n) is 36.2. The van der Waals surface area contributed by atoms with Crippen molar-refractivity contribution in [1.29, 1.82) is 0 Å². The third-order valence-electron chi connectivity index (χ3n) is 15.3. The molecule has 4 aliphatic rings. The summed E-state index contributed by atoms with van der Waals surface area (Å²) in [5, 5.41) is 2.59. The molecule has 0 aromatic heterocycles. The van der Waals surface area contributed by atoms with E-state index in [-0.39, 0.29) is 17.3 Å². The second kappa shape index (κ2) is 14.9. The molecule has 4 atom stereocenters. The maximum atomic E-state index is 2.55. The Kier molecular flexibility index (Phi) is 8.68. The Labute approximate surface area is 382 Å². The summed E-state index contributed by atoms with van der Waals surface area (Å²) >= 11 is 0. The summed E-state index contributed by atoms with van der Waals surface area (Å²) in [6, 6.07) is 84.6. The minimum atomic E-state index is -0.526. The second-order valence-corrected chi connectivity index (χ2v) is 18.2. The molecule has 9 aromatic rings. The summed E-state index contributed by atoms with van der Waals surface area (Å²) in [6.07, 6.45) is 11.7. The zero-order valence-corrected chi connectivity index (χ0v) is 36.2. The predicted molar refractivity (Wildman–Crippen MR) is 270 cm³/mol. The maximum absolute atomic E-state index is 2.55. The molecular weight excluding hydrogens is 783 g/mol. The highest BCUT2D eigenvalue weighted by atomic mass is 15.1. The molecule has 0 fully saturated rings. The summed E-state index contributed by atoms with van der Waals surface area (Å²) in [6.45, 7) is 0. The minimum absolute atomic E-state index is 0.0911. The Morgan fingerprint density at radius 3 is 1.83 bits per heavy atom. The van der Waals surface area contributed by atoms with Crippen LogP contribution in [0.25, 0.3) is 33.5 Å². The van der Waals surface area contributed by atoms with E-state index in [1.165, 1.54) is 88.9 Å². The lowest BCUT2D eigenvalue weighted by atomic mass is 9.45. The van der Waals surface area contributed by atoms with Crippen LogP contribution < -0.4 is 4.90 Å². The quantitative estimate of drug-likeness (QED) is 0.155. The molecule has 1 heteroatoms. The van der Waals surface area contributed by atoms with Gasteiger partial charge in [0.1, 0.15) is 0 Å². The number of nitrogens with zero attached hydrogens (tertiary/aromatic N) is 1. The molecule has 0 aliphatic heterocycles. The first kappa shape index (κ1) is 37.8. The highest BCUT2D eigenvalue weighted by molar-refractivity contribution is 5.94. The van der Waals surface area contributed by atoms with Crippen molar-refractivity contribution in [1.82, 2.24) is 0 Å². The van der Waals surface area contributed by atoms with Crippen LogP contribution >= 0.6 is 0 Å².